The van der Waals surface area contributed by atoms with Crippen molar-refractivity contribution in [3.8, 4) is 0 Å². The monoisotopic (exact) mass is 343 g/mol. The highest BCUT2D eigenvalue weighted by molar-refractivity contribution is 9.10. The van der Waals surface area contributed by atoms with Gasteiger partial charge in [0.1, 0.15) is 5.69 Å². The quantitative estimate of drug-likeness (QED) is 0.843. The summed E-state index contributed by atoms with van der Waals surface area (Å²) in [5.41, 5.74) is -0.845. The number of benzene rings is 1. The van der Waals surface area contributed by atoms with Crippen LogP contribution in [-0.4, -0.2) is 27.2 Å². The normalized spacial score (nSPS) is 11.1. The van der Waals surface area contributed by atoms with E-state index in [1.54, 1.807) is 4.72 Å². The van der Waals surface area contributed by atoms with Crippen molar-refractivity contribution in [2.75, 3.05) is 17.6 Å². The van der Waals surface area contributed by atoms with Gasteiger partial charge in [0.15, 0.2) is 17.4 Å². The molecule has 0 fully saturated rings. The summed E-state index contributed by atoms with van der Waals surface area (Å²) in [6, 6.07) is 1.78. The number of esters is 1. The van der Waals surface area contributed by atoms with E-state index in [0.29, 0.717) is 0 Å². The maximum absolute atomic E-state index is 13.3. The van der Waals surface area contributed by atoms with Crippen molar-refractivity contribution in [1.29, 1.82) is 0 Å². The molecule has 0 spiro atoms. The molecular formula is C9H8BrF2NO4S. The molecule has 100 valence electrons. The molecule has 1 N–H and O–H groups in total. The molecule has 1 aromatic carbocycles. The smallest absolute Gasteiger partial charge is 0.322 e. The minimum atomic E-state index is -4.22. The standard InChI is InChI=1S/C9H8BrF2NO4S/c1-17-8(14)4-18(15,16)13-9-6(11)2-5(10)3-7(9)12/h2-3,13H,4H2,1H3. The molecule has 0 bridgehead atoms. The van der Waals surface area contributed by atoms with Crippen LogP contribution >= 0.6 is 15.9 Å². The molecule has 1 aromatic rings. The van der Waals surface area contributed by atoms with E-state index >= 15 is 0 Å². The lowest BCUT2D eigenvalue weighted by Crippen LogP contribution is -2.24. The van der Waals surface area contributed by atoms with Crippen LogP contribution in [0.25, 0.3) is 0 Å². The number of nitrogens with one attached hydrogen (secondary N) is 1. The molecule has 5 nitrogen and oxygen atoms in total. The van der Waals surface area contributed by atoms with E-state index < -0.39 is 39.1 Å². The number of hydrogen-bond acceptors (Lipinski definition) is 4. The van der Waals surface area contributed by atoms with Gasteiger partial charge in [-0.2, -0.15) is 0 Å². The Morgan fingerprint density at radius 2 is 1.89 bits per heavy atom. The van der Waals surface area contributed by atoms with Gasteiger partial charge in [0, 0.05) is 4.47 Å². The molecule has 0 amide bonds. The number of anilines is 1. The predicted octanol–water partition coefficient (Wildman–Crippen LogP) is 1.64. The van der Waals surface area contributed by atoms with Crippen LogP contribution in [0.1, 0.15) is 0 Å². The first-order valence-corrected chi connectivity index (χ1v) is 6.91. The third-order valence-electron chi connectivity index (χ3n) is 1.80. The van der Waals surface area contributed by atoms with Crippen LogP contribution in [0.15, 0.2) is 16.6 Å². The fourth-order valence-electron chi connectivity index (χ4n) is 1.05. The zero-order valence-electron chi connectivity index (χ0n) is 9.04. The van der Waals surface area contributed by atoms with Crippen LogP contribution in [0.5, 0.6) is 0 Å². The number of carbonyl (C=O) groups excluding carboxylic acids is 1. The molecule has 0 aliphatic heterocycles. The van der Waals surface area contributed by atoms with E-state index in [9.17, 15) is 22.0 Å². The summed E-state index contributed by atoms with van der Waals surface area (Å²) in [5.74, 6) is -4.27. The first-order valence-electron chi connectivity index (χ1n) is 4.47. The van der Waals surface area contributed by atoms with Gasteiger partial charge in [0.05, 0.1) is 7.11 Å². The number of ether oxygens (including phenoxy) is 1. The number of methoxy groups -OCH3 is 1. The highest BCUT2D eigenvalue weighted by Gasteiger charge is 2.21. The van der Waals surface area contributed by atoms with Crippen LogP contribution in [-0.2, 0) is 19.6 Å². The second-order valence-corrected chi connectivity index (χ2v) is 5.82. The highest BCUT2D eigenvalue weighted by atomic mass is 79.9. The number of halogens is 3. The fraction of sp³-hybridized carbons (Fsp3) is 0.222. The second-order valence-electron chi connectivity index (χ2n) is 3.18. The van der Waals surface area contributed by atoms with Gasteiger partial charge in [-0.05, 0) is 12.1 Å². The zero-order valence-corrected chi connectivity index (χ0v) is 11.4. The molecule has 0 atom stereocenters. The van der Waals surface area contributed by atoms with Gasteiger partial charge in [0.25, 0.3) is 0 Å². The van der Waals surface area contributed by atoms with Gasteiger partial charge >= 0.3 is 5.97 Å². The Morgan fingerprint density at radius 1 is 1.39 bits per heavy atom. The van der Waals surface area contributed by atoms with Gasteiger partial charge in [-0.1, -0.05) is 15.9 Å². The minimum absolute atomic E-state index is 0.119. The molecule has 0 saturated heterocycles. The van der Waals surface area contributed by atoms with Crippen molar-refractivity contribution in [2.45, 2.75) is 0 Å². The summed E-state index contributed by atoms with van der Waals surface area (Å²) < 4.78 is 55.4. The van der Waals surface area contributed by atoms with Gasteiger partial charge in [-0.3, -0.25) is 9.52 Å². The van der Waals surface area contributed by atoms with Crippen molar-refractivity contribution in [1.82, 2.24) is 0 Å². The van der Waals surface area contributed by atoms with Crippen LogP contribution < -0.4 is 4.72 Å². The number of sulfonamides is 1. The van der Waals surface area contributed by atoms with E-state index in [0.717, 1.165) is 19.2 Å². The summed E-state index contributed by atoms with van der Waals surface area (Å²) >= 11 is 2.85. The lowest BCUT2D eigenvalue weighted by molar-refractivity contribution is -0.137. The van der Waals surface area contributed by atoms with E-state index in [1.807, 2.05) is 0 Å². The molecule has 0 aliphatic carbocycles. The van der Waals surface area contributed by atoms with Gasteiger partial charge in [0.2, 0.25) is 10.0 Å². The van der Waals surface area contributed by atoms with Crippen LogP contribution in [0.2, 0.25) is 0 Å². The van der Waals surface area contributed by atoms with Crippen molar-refractivity contribution >= 4 is 37.6 Å². The Morgan fingerprint density at radius 3 is 2.33 bits per heavy atom. The average molecular weight is 344 g/mol. The summed E-state index contributed by atoms with van der Waals surface area (Å²) in [5, 5.41) is 0. The Hall–Kier alpha value is -1.22. The maximum atomic E-state index is 13.3. The molecule has 0 unspecified atom stereocenters. The first kappa shape index (κ1) is 14.8. The molecule has 0 radical (unpaired) electrons. The van der Waals surface area contributed by atoms with Gasteiger partial charge < -0.3 is 4.74 Å². The third kappa shape index (κ3) is 3.91. The third-order valence-corrected chi connectivity index (χ3v) is 3.39. The first-order chi connectivity index (χ1) is 8.25. The predicted molar refractivity (Wildman–Crippen MR) is 63.5 cm³/mol. The largest absolute Gasteiger partial charge is 0.468 e. The lowest BCUT2D eigenvalue weighted by atomic mass is 10.3. The average Bonchev–Trinajstić information content (AvgIpc) is 2.22. The summed E-state index contributed by atoms with van der Waals surface area (Å²) in [7, 11) is -3.23. The number of hydrogen-bond donors (Lipinski definition) is 1. The molecular weight excluding hydrogens is 336 g/mol. The molecule has 0 aliphatic rings. The van der Waals surface area contributed by atoms with E-state index in [1.165, 1.54) is 0 Å². The number of carbonyl (C=O) groups is 1. The summed E-state index contributed by atoms with van der Waals surface area (Å²) in [6.45, 7) is 0. The molecule has 0 aromatic heterocycles. The molecule has 1 rings (SSSR count). The van der Waals surface area contributed by atoms with Crippen molar-refractivity contribution < 1.29 is 26.7 Å². The van der Waals surface area contributed by atoms with Crippen molar-refractivity contribution in [3.63, 3.8) is 0 Å². The van der Waals surface area contributed by atoms with Gasteiger partial charge in [-0.15, -0.1) is 0 Å². The minimum Gasteiger partial charge on any atom is -0.468 e. The molecule has 0 saturated carbocycles. The van der Waals surface area contributed by atoms with E-state index in [2.05, 4.69) is 20.7 Å². The second kappa shape index (κ2) is 5.61. The Bertz CT molecular complexity index is 553. The Balaban J connectivity index is 3.01. The Labute approximate surface area is 110 Å². The van der Waals surface area contributed by atoms with Crippen LogP contribution in [0.3, 0.4) is 0 Å². The highest BCUT2D eigenvalue weighted by Crippen LogP contribution is 2.24. The number of rotatable bonds is 4. The fourth-order valence-corrected chi connectivity index (χ4v) is 2.45. The SMILES string of the molecule is COC(=O)CS(=O)(=O)Nc1c(F)cc(Br)cc1F. The Kier molecular flexibility index (Phi) is 4.63. The van der Waals surface area contributed by atoms with Crippen molar-refractivity contribution in [3.05, 3.63) is 28.2 Å². The zero-order chi connectivity index (χ0) is 13.9. The van der Waals surface area contributed by atoms with E-state index in [4.69, 9.17) is 0 Å². The summed E-state index contributed by atoms with van der Waals surface area (Å²) in [4.78, 5) is 10.8. The van der Waals surface area contributed by atoms with Crippen LogP contribution in [0, 0.1) is 11.6 Å². The maximum Gasteiger partial charge on any atom is 0.322 e. The van der Waals surface area contributed by atoms with Crippen LogP contribution in [0.4, 0.5) is 14.5 Å². The topological polar surface area (TPSA) is 72.5 Å². The van der Waals surface area contributed by atoms with E-state index in [-0.39, 0.29) is 4.47 Å². The molecule has 9 heteroatoms. The molecule has 18 heavy (non-hydrogen) atoms. The molecule has 0 heterocycles. The van der Waals surface area contributed by atoms with Crippen molar-refractivity contribution in [2.24, 2.45) is 0 Å². The summed E-state index contributed by atoms with van der Waals surface area (Å²) in [6.07, 6.45) is 0. The lowest BCUT2D eigenvalue weighted by Gasteiger charge is -2.09. The van der Waals surface area contributed by atoms with Gasteiger partial charge in [-0.25, -0.2) is 17.2 Å².